The molecule has 0 bridgehead atoms. The summed E-state index contributed by atoms with van der Waals surface area (Å²) in [6.45, 7) is 3.07. The molecular formula is C11H13NO2. The van der Waals surface area contributed by atoms with Crippen molar-refractivity contribution in [3.63, 3.8) is 0 Å². The van der Waals surface area contributed by atoms with E-state index < -0.39 is 0 Å². The van der Waals surface area contributed by atoms with Gasteiger partial charge in [0.05, 0.1) is 13.2 Å². The van der Waals surface area contributed by atoms with Crippen molar-refractivity contribution < 1.29 is 9.15 Å². The number of hydrogen-bond acceptors (Lipinski definition) is 3. The largest absolute Gasteiger partial charge is 0.494 e. The summed E-state index contributed by atoms with van der Waals surface area (Å²) >= 11 is 0. The van der Waals surface area contributed by atoms with Crippen molar-refractivity contribution in [2.24, 2.45) is 5.73 Å². The van der Waals surface area contributed by atoms with Gasteiger partial charge in [0.2, 0.25) is 0 Å². The minimum absolute atomic E-state index is 0.429. The SMILES string of the molecule is CCOc1ccc2oc(CN)cc2c1. The first-order valence-electron chi connectivity index (χ1n) is 4.69. The van der Waals surface area contributed by atoms with E-state index in [0.29, 0.717) is 13.2 Å². The van der Waals surface area contributed by atoms with E-state index in [-0.39, 0.29) is 0 Å². The van der Waals surface area contributed by atoms with Gasteiger partial charge >= 0.3 is 0 Å². The Morgan fingerprint density at radius 1 is 1.36 bits per heavy atom. The molecule has 0 atom stereocenters. The molecule has 2 N–H and O–H groups in total. The van der Waals surface area contributed by atoms with Crippen molar-refractivity contribution in [1.82, 2.24) is 0 Å². The fourth-order valence-corrected chi connectivity index (χ4v) is 1.43. The summed E-state index contributed by atoms with van der Waals surface area (Å²) in [5, 5.41) is 1.04. The van der Waals surface area contributed by atoms with Gasteiger partial charge in [-0.2, -0.15) is 0 Å². The minimum atomic E-state index is 0.429. The zero-order valence-electron chi connectivity index (χ0n) is 8.12. The molecule has 0 saturated carbocycles. The van der Waals surface area contributed by atoms with Crippen molar-refractivity contribution in [1.29, 1.82) is 0 Å². The third-order valence-electron chi connectivity index (χ3n) is 2.05. The molecule has 1 aromatic heterocycles. The zero-order valence-corrected chi connectivity index (χ0v) is 8.12. The van der Waals surface area contributed by atoms with Crippen LogP contribution in [0.15, 0.2) is 28.7 Å². The first-order chi connectivity index (χ1) is 6.83. The Labute approximate surface area is 82.5 Å². The molecule has 0 radical (unpaired) electrons. The normalized spacial score (nSPS) is 10.7. The Morgan fingerprint density at radius 2 is 2.21 bits per heavy atom. The van der Waals surface area contributed by atoms with Crippen molar-refractivity contribution in [2.45, 2.75) is 13.5 Å². The number of nitrogens with two attached hydrogens (primary N) is 1. The average Bonchev–Trinajstić information content (AvgIpc) is 2.60. The van der Waals surface area contributed by atoms with Gasteiger partial charge in [-0.1, -0.05) is 0 Å². The maximum absolute atomic E-state index is 5.49. The standard InChI is InChI=1S/C11H13NO2/c1-2-13-9-3-4-11-8(5-9)6-10(7-12)14-11/h3-6H,2,7,12H2,1H3. The number of rotatable bonds is 3. The molecule has 0 spiro atoms. The first kappa shape index (κ1) is 9.09. The molecule has 0 saturated heterocycles. The van der Waals surface area contributed by atoms with Crippen LogP contribution in [-0.4, -0.2) is 6.61 Å². The number of benzene rings is 1. The highest BCUT2D eigenvalue weighted by molar-refractivity contribution is 5.79. The van der Waals surface area contributed by atoms with Crippen LogP contribution in [0.4, 0.5) is 0 Å². The zero-order chi connectivity index (χ0) is 9.97. The first-order valence-corrected chi connectivity index (χ1v) is 4.69. The second-order valence-electron chi connectivity index (χ2n) is 3.05. The smallest absolute Gasteiger partial charge is 0.134 e. The van der Waals surface area contributed by atoms with E-state index in [2.05, 4.69) is 0 Å². The summed E-state index contributed by atoms with van der Waals surface area (Å²) in [5.74, 6) is 1.66. The molecule has 3 nitrogen and oxygen atoms in total. The molecule has 0 amide bonds. The summed E-state index contributed by atoms with van der Waals surface area (Å²) in [4.78, 5) is 0. The molecule has 14 heavy (non-hydrogen) atoms. The predicted octanol–water partition coefficient (Wildman–Crippen LogP) is 2.29. The van der Waals surface area contributed by atoms with Crippen LogP contribution in [0.1, 0.15) is 12.7 Å². The Hall–Kier alpha value is -1.48. The lowest BCUT2D eigenvalue weighted by Gasteiger charge is -2.00. The molecule has 0 fully saturated rings. The van der Waals surface area contributed by atoms with Gasteiger partial charge in [-0.3, -0.25) is 0 Å². The van der Waals surface area contributed by atoms with E-state index in [0.717, 1.165) is 22.5 Å². The maximum Gasteiger partial charge on any atom is 0.134 e. The van der Waals surface area contributed by atoms with Gasteiger partial charge in [-0.25, -0.2) is 0 Å². The fourth-order valence-electron chi connectivity index (χ4n) is 1.43. The molecule has 3 heteroatoms. The molecule has 74 valence electrons. The lowest BCUT2D eigenvalue weighted by molar-refractivity contribution is 0.340. The van der Waals surface area contributed by atoms with Gasteiger partial charge in [0.1, 0.15) is 17.1 Å². The van der Waals surface area contributed by atoms with Crippen LogP contribution in [0, 0.1) is 0 Å². The fraction of sp³-hybridized carbons (Fsp3) is 0.273. The second-order valence-corrected chi connectivity index (χ2v) is 3.05. The van der Waals surface area contributed by atoms with Gasteiger partial charge in [0.15, 0.2) is 0 Å². The quantitative estimate of drug-likeness (QED) is 0.809. The van der Waals surface area contributed by atoms with E-state index in [1.807, 2.05) is 31.2 Å². The van der Waals surface area contributed by atoms with E-state index in [9.17, 15) is 0 Å². The highest BCUT2D eigenvalue weighted by Crippen LogP contribution is 2.23. The molecule has 2 aromatic rings. The highest BCUT2D eigenvalue weighted by Gasteiger charge is 2.03. The lowest BCUT2D eigenvalue weighted by Crippen LogP contribution is -1.92. The molecular weight excluding hydrogens is 178 g/mol. The number of ether oxygens (including phenoxy) is 1. The molecule has 1 heterocycles. The van der Waals surface area contributed by atoms with Crippen LogP contribution in [0.2, 0.25) is 0 Å². The van der Waals surface area contributed by atoms with Crippen molar-refractivity contribution in [3.05, 3.63) is 30.0 Å². The van der Waals surface area contributed by atoms with Crippen LogP contribution in [0.5, 0.6) is 5.75 Å². The van der Waals surface area contributed by atoms with Crippen LogP contribution < -0.4 is 10.5 Å². The topological polar surface area (TPSA) is 48.4 Å². The third kappa shape index (κ3) is 1.59. The Morgan fingerprint density at radius 3 is 2.93 bits per heavy atom. The van der Waals surface area contributed by atoms with Gasteiger partial charge in [0, 0.05) is 5.39 Å². The van der Waals surface area contributed by atoms with Crippen LogP contribution >= 0.6 is 0 Å². The Bertz CT molecular complexity index is 434. The summed E-state index contributed by atoms with van der Waals surface area (Å²) in [6, 6.07) is 7.70. The minimum Gasteiger partial charge on any atom is -0.494 e. The molecule has 2 rings (SSSR count). The Kier molecular flexibility index (Phi) is 2.41. The Balaban J connectivity index is 2.43. The van der Waals surface area contributed by atoms with Crippen LogP contribution in [-0.2, 0) is 6.54 Å². The van der Waals surface area contributed by atoms with Gasteiger partial charge < -0.3 is 14.9 Å². The molecule has 0 aliphatic heterocycles. The monoisotopic (exact) mass is 191 g/mol. The lowest BCUT2D eigenvalue weighted by atomic mass is 10.2. The molecule has 0 aliphatic rings. The maximum atomic E-state index is 5.49. The second kappa shape index (κ2) is 3.72. The van der Waals surface area contributed by atoms with E-state index >= 15 is 0 Å². The summed E-state index contributed by atoms with van der Waals surface area (Å²) in [6.07, 6.45) is 0. The highest BCUT2D eigenvalue weighted by atomic mass is 16.5. The summed E-state index contributed by atoms with van der Waals surface area (Å²) in [5.41, 5.74) is 6.34. The van der Waals surface area contributed by atoms with Crippen molar-refractivity contribution in [2.75, 3.05) is 6.61 Å². The summed E-state index contributed by atoms with van der Waals surface area (Å²) < 4.78 is 10.9. The summed E-state index contributed by atoms with van der Waals surface area (Å²) in [7, 11) is 0. The van der Waals surface area contributed by atoms with E-state index in [1.54, 1.807) is 0 Å². The van der Waals surface area contributed by atoms with Crippen LogP contribution in [0.3, 0.4) is 0 Å². The van der Waals surface area contributed by atoms with E-state index in [4.69, 9.17) is 14.9 Å². The number of furan rings is 1. The average molecular weight is 191 g/mol. The molecule has 1 aromatic carbocycles. The van der Waals surface area contributed by atoms with Gasteiger partial charge in [0.25, 0.3) is 0 Å². The molecule has 0 aliphatic carbocycles. The number of hydrogen-bond donors (Lipinski definition) is 1. The van der Waals surface area contributed by atoms with Gasteiger partial charge in [-0.15, -0.1) is 0 Å². The van der Waals surface area contributed by atoms with Crippen LogP contribution in [0.25, 0.3) is 11.0 Å². The van der Waals surface area contributed by atoms with Crippen molar-refractivity contribution in [3.8, 4) is 5.75 Å². The third-order valence-corrected chi connectivity index (χ3v) is 2.05. The molecule has 0 unspecified atom stereocenters. The van der Waals surface area contributed by atoms with Gasteiger partial charge in [-0.05, 0) is 31.2 Å². The number of fused-ring (bicyclic) bond motifs is 1. The van der Waals surface area contributed by atoms with E-state index in [1.165, 1.54) is 0 Å². The predicted molar refractivity (Wildman–Crippen MR) is 55.3 cm³/mol. The van der Waals surface area contributed by atoms with Crippen molar-refractivity contribution >= 4 is 11.0 Å².